The second-order valence-electron chi connectivity index (χ2n) is 4.04. The standard InChI is InChI=1S/C12H17NO/c1-11-7-8-13(9-11)14-10-12-5-3-2-4-6-12/h2-6,11H,7-10H2,1H3. The Labute approximate surface area is 85.4 Å². The molecule has 1 heterocycles. The molecule has 14 heavy (non-hydrogen) atoms. The summed E-state index contributed by atoms with van der Waals surface area (Å²) in [5.41, 5.74) is 1.24. The first kappa shape index (κ1) is 9.69. The number of hydrogen-bond acceptors (Lipinski definition) is 2. The van der Waals surface area contributed by atoms with Crippen LogP contribution in [0.3, 0.4) is 0 Å². The predicted molar refractivity (Wildman–Crippen MR) is 56.6 cm³/mol. The summed E-state index contributed by atoms with van der Waals surface area (Å²) >= 11 is 0. The molecule has 0 saturated carbocycles. The summed E-state index contributed by atoms with van der Waals surface area (Å²) in [5, 5.41) is 2.08. The summed E-state index contributed by atoms with van der Waals surface area (Å²) in [6, 6.07) is 10.3. The van der Waals surface area contributed by atoms with Crippen molar-refractivity contribution in [2.24, 2.45) is 5.92 Å². The predicted octanol–water partition coefficient (Wildman–Crippen LogP) is 2.46. The molecule has 2 nitrogen and oxygen atoms in total. The maximum absolute atomic E-state index is 5.69. The van der Waals surface area contributed by atoms with Crippen molar-refractivity contribution in [1.29, 1.82) is 0 Å². The molecule has 1 aromatic carbocycles. The lowest BCUT2D eigenvalue weighted by Crippen LogP contribution is -2.20. The van der Waals surface area contributed by atoms with E-state index >= 15 is 0 Å². The van der Waals surface area contributed by atoms with Crippen LogP contribution in [0, 0.1) is 5.92 Å². The van der Waals surface area contributed by atoms with Gasteiger partial charge in [0.1, 0.15) is 0 Å². The van der Waals surface area contributed by atoms with E-state index in [0.29, 0.717) is 6.61 Å². The zero-order valence-corrected chi connectivity index (χ0v) is 8.65. The van der Waals surface area contributed by atoms with E-state index < -0.39 is 0 Å². The average molecular weight is 191 g/mol. The van der Waals surface area contributed by atoms with Crippen molar-refractivity contribution in [3.63, 3.8) is 0 Å². The van der Waals surface area contributed by atoms with Gasteiger partial charge in [-0.2, -0.15) is 5.06 Å². The first-order valence-corrected chi connectivity index (χ1v) is 5.26. The van der Waals surface area contributed by atoms with Crippen molar-refractivity contribution >= 4 is 0 Å². The Kier molecular flexibility index (Phi) is 3.17. The average Bonchev–Trinajstić information content (AvgIpc) is 2.63. The fourth-order valence-electron chi connectivity index (χ4n) is 1.75. The molecule has 1 atom stereocenters. The van der Waals surface area contributed by atoms with Crippen LogP contribution in [0.15, 0.2) is 30.3 Å². The van der Waals surface area contributed by atoms with Crippen molar-refractivity contribution in [2.75, 3.05) is 13.1 Å². The molecule has 0 radical (unpaired) electrons. The van der Waals surface area contributed by atoms with Gasteiger partial charge in [0.15, 0.2) is 0 Å². The SMILES string of the molecule is CC1CCN(OCc2ccccc2)C1. The van der Waals surface area contributed by atoms with E-state index in [1.165, 1.54) is 12.0 Å². The molecule has 1 fully saturated rings. The van der Waals surface area contributed by atoms with Crippen molar-refractivity contribution in [2.45, 2.75) is 20.0 Å². The van der Waals surface area contributed by atoms with Crippen LogP contribution >= 0.6 is 0 Å². The van der Waals surface area contributed by atoms with Gasteiger partial charge in [-0.05, 0) is 17.9 Å². The van der Waals surface area contributed by atoms with Crippen molar-refractivity contribution in [3.05, 3.63) is 35.9 Å². The van der Waals surface area contributed by atoms with Crippen LogP contribution in [0.4, 0.5) is 0 Å². The third-order valence-electron chi connectivity index (χ3n) is 2.64. The minimum absolute atomic E-state index is 0.702. The summed E-state index contributed by atoms with van der Waals surface area (Å²) in [4.78, 5) is 5.69. The molecule has 0 amide bonds. The summed E-state index contributed by atoms with van der Waals surface area (Å²) in [6.45, 7) is 5.13. The van der Waals surface area contributed by atoms with Gasteiger partial charge in [0, 0.05) is 13.1 Å². The van der Waals surface area contributed by atoms with E-state index in [0.717, 1.165) is 19.0 Å². The Balaban J connectivity index is 1.78. The molecule has 0 bridgehead atoms. The van der Waals surface area contributed by atoms with Crippen LogP contribution in [-0.4, -0.2) is 18.2 Å². The Morgan fingerprint density at radius 2 is 2.14 bits per heavy atom. The van der Waals surface area contributed by atoms with E-state index in [4.69, 9.17) is 4.84 Å². The van der Waals surface area contributed by atoms with Crippen molar-refractivity contribution < 1.29 is 4.84 Å². The van der Waals surface area contributed by atoms with Gasteiger partial charge in [0.25, 0.3) is 0 Å². The van der Waals surface area contributed by atoms with Gasteiger partial charge in [0.05, 0.1) is 6.61 Å². The molecule has 1 saturated heterocycles. The van der Waals surface area contributed by atoms with E-state index in [1.807, 2.05) is 18.2 Å². The van der Waals surface area contributed by atoms with Gasteiger partial charge in [0.2, 0.25) is 0 Å². The second kappa shape index (κ2) is 4.58. The first-order valence-electron chi connectivity index (χ1n) is 5.26. The molecular weight excluding hydrogens is 174 g/mol. The topological polar surface area (TPSA) is 12.5 Å². The fraction of sp³-hybridized carbons (Fsp3) is 0.500. The minimum Gasteiger partial charge on any atom is -0.294 e. The number of hydroxylamine groups is 2. The lowest BCUT2D eigenvalue weighted by molar-refractivity contribution is -0.155. The quantitative estimate of drug-likeness (QED) is 0.727. The molecule has 1 aliphatic heterocycles. The molecule has 2 rings (SSSR count). The second-order valence-corrected chi connectivity index (χ2v) is 4.04. The van der Waals surface area contributed by atoms with Gasteiger partial charge in [-0.25, -0.2) is 0 Å². The lowest BCUT2D eigenvalue weighted by atomic mass is 10.2. The van der Waals surface area contributed by atoms with Crippen LogP contribution < -0.4 is 0 Å². The summed E-state index contributed by atoms with van der Waals surface area (Å²) in [5.74, 6) is 0.783. The third kappa shape index (κ3) is 2.56. The maximum atomic E-state index is 5.69. The molecular formula is C12H17NO. The number of nitrogens with zero attached hydrogens (tertiary/aromatic N) is 1. The lowest BCUT2D eigenvalue weighted by Gasteiger charge is -2.15. The molecule has 0 aromatic heterocycles. The zero-order valence-electron chi connectivity index (χ0n) is 8.65. The molecule has 1 aliphatic rings. The normalized spacial score (nSPS) is 22.8. The van der Waals surface area contributed by atoms with Gasteiger partial charge in [-0.15, -0.1) is 0 Å². The Morgan fingerprint density at radius 1 is 1.36 bits per heavy atom. The van der Waals surface area contributed by atoms with E-state index in [2.05, 4.69) is 24.1 Å². The zero-order chi connectivity index (χ0) is 9.80. The molecule has 1 aromatic rings. The summed E-state index contributed by atoms with van der Waals surface area (Å²) < 4.78 is 0. The van der Waals surface area contributed by atoms with Crippen LogP contribution in [0.1, 0.15) is 18.9 Å². The van der Waals surface area contributed by atoms with Crippen LogP contribution in [0.25, 0.3) is 0 Å². The van der Waals surface area contributed by atoms with Crippen LogP contribution in [0.2, 0.25) is 0 Å². The molecule has 0 spiro atoms. The number of rotatable bonds is 3. The highest BCUT2D eigenvalue weighted by Gasteiger charge is 2.18. The van der Waals surface area contributed by atoms with Gasteiger partial charge >= 0.3 is 0 Å². The maximum Gasteiger partial charge on any atom is 0.0935 e. The first-order chi connectivity index (χ1) is 6.84. The Hall–Kier alpha value is -0.860. The van der Waals surface area contributed by atoms with Gasteiger partial charge < -0.3 is 0 Å². The van der Waals surface area contributed by atoms with Crippen molar-refractivity contribution in [1.82, 2.24) is 5.06 Å². The summed E-state index contributed by atoms with van der Waals surface area (Å²) in [6.07, 6.45) is 1.26. The molecule has 76 valence electrons. The fourth-order valence-corrected chi connectivity index (χ4v) is 1.75. The molecule has 1 unspecified atom stereocenters. The van der Waals surface area contributed by atoms with Gasteiger partial charge in [-0.1, -0.05) is 37.3 Å². The Morgan fingerprint density at radius 3 is 2.79 bits per heavy atom. The molecule has 0 aliphatic carbocycles. The van der Waals surface area contributed by atoms with Gasteiger partial charge in [-0.3, -0.25) is 4.84 Å². The van der Waals surface area contributed by atoms with Crippen molar-refractivity contribution in [3.8, 4) is 0 Å². The Bertz CT molecular complexity index is 273. The monoisotopic (exact) mass is 191 g/mol. The third-order valence-corrected chi connectivity index (χ3v) is 2.64. The van der Waals surface area contributed by atoms with E-state index in [-0.39, 0.29) is 0 Å². The highest BCUT2D eigenvalue weighted by atomic mass is 16.7. The highest BCUT2D eigenvalue weighted by molar-refractivity contribution is 5.13. The van der Waals surface area contributed by atoms with Crippen LogP contribution in [-0.2, 0) is 11.4 Å². The smallest absolute Gasteiger partial charge is 0.0935 e. The number of hydrogen-bond donors (Lipinski definition) is 0. The highest BCUT2D eigenvalue weighted by Crippen LogP contribution is 2.16. The molecule has 2 heteroatoms. The van der Waals surface area contributed by atoms with Crippen LogP contribution in [0.5, 0.6) is 0 Å². The largest absolute Gasteiger partial charge is 0.294 e. The summed E-state index contributed by atoms with van der Waals surface area (Å²) in [7, 11) is 0. The molecule has 0 N–H and O–H groups in total. The minimum atomic E-state index is 0.702. The van der Waals surface area contributed by atoms with E-state index in [1.54, 1.807) is 0 Å². The number of benzene rings is 1. The van der Waals surface area contributed by atoms with E-state index in [9.17, 15) is 0 Å².